The molecule has 2 aromatic rings. The summed E-state index contributed by atoms with van der Waals surface area (Å²) in [6.45, 7) is 1.43. The van der Waals surface area contributed by atoms with Crippen LogP contribution < -0.4 is 14.4 Å². The fourth-order valence-electron chi connectivity index (χ4n) is 2.43. The third kappa shape index (κ3) is 5.76. The molecule has 1 atom stereocenters. The maximum atomic E-state index is 12.4. The van der Waals surface area contributed by atoms with Crippen LogP contribution >= 0.6 is 23.2 Å². The van der Waals surface area contributed by atoms with E-state index in [1.165, 1.54) is 18.2 Å². The summed E-state index contributed by atoms with van der Waals surface area (Å²) >= 11 is 11.8. The zero-order valence-electron chi connectivity index (χ0n) is 15.1. The van der Waals surface area contributed by atoms with Crippen molar-refractivity contribution in [2.75, 3.05) is 24.2 Å². The van der Waals surface area contributed by atoms with E-state index in [2.05, 4.69) is 5.32 Å². The highest BCUT2D eigenvalue weighted by molar-refractivity contribution is 7.92. The van der Waals surface area contributed by atoms with Crippen LogP contribution in [-0.2, 0) is 14.8 Å². The van der Waals surface area contributed by atoms with Crippen molar-refractivity contribution in [2.45, 2.75) is 13.0 Å². The lowest BCUT2D eigenvalue weighted by Gasteiger charge is -2.23. The van der Waals surface area contributed by atoms with Gasteiger partial charge in [0.1, 0.15) is 12.3 Å². The SMILES string of the molecule is COc1ccc([C@H](C)NC(=O)CN(c2ccc(Cl)c(Cl)c2)S(C)(=O)=O)cc1. The zero-order valence-corrected chi connectivity index (χ0v) is 17.4. The fourth-order valence-corrected chi connectivity index (χ4v) is 3.57. The largest absolute Gasteiger partial charge is 0.497 e. The van der Waals surface area contributed by atoms with Gasteiger partial charge in [-0.15, -0.1) is 0 Å². The smallest absolute Gasteiger partial charge is 0.241 e. The van der Waals surface area contributed by atoms with Crippen LogP contribution in [0.3, 0.4) is 0 Å². The normalized spacial score (nSPS) is 12.3. The minimum absolute atomic E-state index is 0.204. The Hall–Kier alpha value is -1.96. The summed E-state index contributed by atoms with van der Waals surface area (Å²) in [5.41, 5.74) is 1.13. The van der Waals surface area contributed by atoms with Crippen LogP contribution in [0, 0.1) is 0 Å². The van der Waals surface area contributed by atoms with Gasteiger partial charge >= 0.3 is 0 Å². The van der Waals surface area contributed by atoms with Gasteiger partial charge in [0.15, 0.2) is 0 Å². The Balaban J connectivity index is 2.14. The van der Waals surface area contributed by atoms with Crippen LogP contribution in [0.15, 0.2) is 42.5 Å². The van der Waals surface area contributed by atoms with E-state index in [0.29, 0.717) is 10.8 Å². The molecule has 27 heavy (non-hydrogen) atoms. The Morgan fingerprint density at radius 1 is 1.15 bits per heavy atom. The lowest BCUT2D eigenvalue weighted by Crippen LogP contribution is -2.41. The van der Waals surface area contributed by atoms with Crippen molar-refractivity contribution < 1.29 is 17.9 Å². The van der Waals surface area contributed by atoms with E-state index in [1.807, 2.05) is 19.1 Å². The van der Waals surface area contributed by atoms with Gasteiger partial charge in [0.25, 0.3) is 0 Å². The van der Waals surface area contributed by atoms with E-state index in [1.54, 1.807) is 19.2 Å². The van der Waals surface area contributed by atoms with E-state index in [0.717, 1.165) is 16.1 Å². The Bertz CT molecular complexity index is 917. The summed E-state index contributed by atoms with van der Waals surface area (Å²) < 4.78 is 30.4. The van der Waals surface area contributed by atoms with Crippen molar-refractivity contribution in [1.82, 2.24) is 5.32 Å². The topological polar surface area (TPSA) is 75.7 Å². The fraction of sp³-hybridized carbons (Fsp3) is 0.278. The highest BCUT2D eigenvalue weighted by Gasteiger charge is 2.22. The van der Waals surface area contributed by atoms with E-state index < -0.39 is 15.9 Å². The summed E-state index contributed by atoms with van der Waals surface area (Å²) in [4.78, 5) is 12.4. The van der Waals surface area contributed by atoms with Crippen molar-refractivity contribution >= 4 is 44.8 Å². The number of ether oxygens (including phenoxy) is 1. The molecule has 6 nitrogen and oxygen atoms in total. The molecule has 0 aromatic heterocycles. The molecule has 0 saturated carbocycles. The standard InChI is InChI=1S/C18H20Cl2N2O4S/c1-12(13-4-7-15(26-2)8-5-13)21-18(23)11-22(27(3,24)25)14-6-9-16(19)17(20)10-14/h4-10,12H,11H2,1-3H3,(H,21,23)/t12-/m0/s1. The van der Waals surface area contributed by atoms with Gasteiger partial charge in [0.05, 0.1) is 35.1 Å². The number of nitrogens with zero attached hydrogens (tertiary/aromatic N) is 1. The average molecular weight is 431 g/mol. The first-order valence-electron chi connectivity index (χ1n) is 7.98. The lowest BCUT2D eigenvalue weighted by atomic mass is 10.1. The van der Waals surface area contributed by atoms with E-state index in [9.17, 15) is 13.2 Å². The van der Waals surface area contributed by atoms with Crippen LogP contribution in [-0.4, -0.2) is 34.2 Å². The molecule has 0 fully saturated rings. The van der Waals surface area contributed by atoms with Gasteiger partial charge in [-0.2, -0.15) is 0 Å². The zero-order chi connectivity index (χ0) is 20.2. The van der Waals surface area contributed by atoms with Crippen LogP contribution in [0.2, 0.25) is 10.0 Å². The minimum atomic E-state index is -3.70. The second-order valence-electron chi connectivity index (χ2n) is 5.93. The Morgan fingerprint density at radius 2 is 1.78 bits per heavy atom. The number of rotatable bonds is 7. The monoisotopic (exact) mass is 430 g/mol. The minimum Gasteiger partial charge on any atom is -0.497 e. The predicted octanol–water partition coefficient (Wildman–Crippen LogP) is 3.65. The number of carbonyl (C=O) groups is 1. The summed E-state index contributed by atoms with van der Waals surface area (Å²) in [7, 11) is -2.13. The van der Waals surface area contributed by atoms with Crippen LogP contribution in [0.25, 0.3) is 0 Å². The van der Waals surface area contributed by atoms with E-state index >= 15 is 0 Å². The molecule has 0 aliphatic heterocycles. The number of carbonyl (C=O) groups excluding carboxylic acids is 1. The van der Waals surface area contributed by atoms with Crippen LogP contribution in [0.1, 0.15) is 18.5 Å². The van der Waals surface area contributed by atoms with E-state index in [-0.39, 0.29) is 23.3 Å². The highest BCUT2D eigenvalue weighted by Crippen LogP contribution is 2.28. The molecule has 9 heteroatoms. The summed E-state index contributed by atoms with van der Waals surface area (Å²) in [6, 6.07) is 11.3. The molecule has 1 amide bonds. The molecule has 0 spiro atoms. The van der Waals surface area contributed by atoms with Crippen LogP contribution in [0.5, 0.6) is 5.75 Å². The number of anilines is 1. The van der Waals surface area contributed by atoms with Gasteiger partial charge in [-0.3, -0.25) is 9.10 Å². The first-order valence-corrected chi connectivity index (χ1v) is 10.6. The number of hydrogen-bond acceptors (Lipinski definition) is 4. The molecule has 2 aromatic carbocycles. The van der Waals surface area contributed by atoms with Gasteiger partial charge in [0, 0.05) is 0 Å². The molecular weight excluding hydrogens is 411 g/mol. The molecule has 1 N–H and O–H groups in total. The third-order valence-corrected chi connectivity index (χ3v) is 5.75. The van der Waals surface area contributed by atoms with Crippen molar-refractivity contribution in [2.24, 2.45) is 0 Å². The number of amides is 1. The maximum Gasteiger partial charge on any atom is 0.241 e. The molecule has 0 heterocycles. The number of hydrogen-bond donors (Lipinski definition) is 1. The summed E-state index contributed by atoms with van der Waals surface area (Å²) in [5.74, 6) is 0.259. The third-order valence-electron chi connectivity index (χ3n) is 3.87. The first kappa shape index (κ1) is 21.3. The van der Waals surface area contributed by atoms with Gasteiger partial charge in [-0.25, -0.2) is 8.42 Å². The van der Waals surface area contributed by atoms with Crippen molar-refractivity contribution in [3.63, 3.8) is 0 Å². The summed E-state index contributed by atoms with van der Waals surface area (Å²) in [6.07, 6.45) is 1.02. The van der Waals surface area contributed by atoms with Crippen molar-refractivity contribution in [3.8, 4) is 5.75 Å². The van der Waals surface area contributed by atoms with Crippen molar-refractivity contribution in [3.05, 3.63) is 58.1 Å². The van der Waals surface area contributed by atoms with Gasteiger partial charge < -0.3 is 10.1 Å². The molecule has 0 radical (unpaired) electrons. The molecule has 0 aliphatic rings. The van der Waals surface area contributed by atoms with Gasteiger partial charge in [-0.1, -0.05) is 35.3 Å². The Kier molecular flexibility index (Phi) is 6.97. The van der Waals surface area contributed by atoms with E-state index in [4.69, 9.17) is 27.9 Å². The lowest BCUT2D eigenvalue weighted by molar-refractivity contribution is -0.120. The molecule has 0 unspecified atom stereocenters. The number of halogens is 2. The first-order chi connectivity index (χ1) is 12.6. The number of methoxy groups -OCH3 is 1. The molecular formula is C18H20Cl2N2O4S. The number of nitrogens with one attached hydrogen (secondary N) is 1. The Labute approximate surface area is 169 Å². The molecule has 0 bridgehead atoms. The maximum absolute atomic E-state index is 12.4. The van der Waals surface area contributed by atoms with Gasteiger partial charge in [0.2, 0.25) is 15.9 Å². The molecule has 146 valence electrons. The molecule has 0 aliphatic carbocycles. The second-order valence-corrected chi connectivity index (χ2v) is 8.65. The van der Waals surface area contributed by atoms with Crippen molar-refractivity contribution in [1.29, 1.82) is 0 Å². The molecule has 0 saturated heterocycles. The Morgan fingerprint density at radius 3 is 2.30 bits per heavy atom. The molecule has 2 rings (SSSR count). The average Bonchev–Trinajstić information content (AvgIpc) is 2.61. The predicted molar refractivity (Wildman–Crippen MR) is 108 cm³/mol. The van der Waals surface area contributed by atoms with Gasteiger partial charge in [-0.05, 0) is 42.8 Å². The quantitative estimate of drug-likeness (QED) is 0.726. The summed E-state index contributed by atoms with van der Waals surface area (Å²) in [5, 5.41) is 3.29. The highest BCUT2D eigenvalue weighted by atomic mass is 35.5. The number of benzene rings is 2. The number of sulfonamides is 1. The second kappa shape index (κ2) is 8.82. The van der Waals surface area contributed by atoms with Crippen LogP contribution in [0.4, 0.5) is 5.69 Å².